The maximum absolute atomic E-state index is 10.2. The van der Waals surface area contributed by atoms with Crippen LogP contribution in [0.15, 0.2) is 0 Å². The second-order valence-electron chi connectivity index (χ2n) is 14.7. The fourth-order valence-electron chi connectivity index (χ4n) is 7.59. The Morgan fingerprint density at radius 3 is 1.74 bits per heavy atom. The van der Waals surface area contributed by atoms with E-state index < -0.39 is 5.41 Å². The highest BCUT2D eigenvalue weighted by atomic mass is 16.6. The van der Waals surface area contributed by atoms with Gasteiger partial charge in [0.15, 0.2) is 0 Å². The molecule has 42 heavy (non-hydrogen) atoms. The van der Waals surface area contributed by atoms with E-state index in [2.05, 4.69) is 6.92 Å². The lowest BCUT2D eigenvalue weighted by Gasteiger charge is -2.35. The summed E-state index contributed by atoms with van der Waals surface area (Å²) in [5.74, 6) is 1.93. The van der Waals surface area contributed by atoms with Crippen LogP contribution in [0.4, 0.5) is 0 Å². The van der Waals surface area contributed by atoms with E-state index >= 15 is 0 Å². The third kappa shape index (κ3) is 10.6. The molecule has 0 bridgehead atoms. The Bertz CT molecular complexity index is 725. The van der Waals surface area contributed by atoms with Crippen LogP contribution in [0.2, 0.25) is 0 Å². The highest BCUT2D eigenvalue weighted by Gasteiger charge is 2.45. The molecule has 3 saturated carbocycles. The van der Waals surface area contributed by atoms with E-state index in [0.29, 0.717) is 87.7 Å². The molecule has 0 radical (unpaired) electrons. The Morgan fingerprint density at radius 2 is 1.24 bits per heavy atom. The average molecular weight is 597 g/mol. The highest BCUT2D eigenvalue weighted by Crippen LogP contribution is 2.41. The summed E-state index contributed by atoms with van der Waals surface area (Å²) in [6.45, 7) is 9.05. The molecule has 8 nitrogen and oxygen atoms in total. The molecule has 3 aliphatic carbocycles. The molecule has 10 atom stereocenters. The molecule has 5 aliphatic rings. The van der Waals surface area contributed by atoms with Crippen molar-refractivity contribution < 1.29 is 38.6 Å². The molecule has 0 spiro atoms. The molecule has 2 aliphatic heterocycles. The van der Waals surface area contributed by atoms with Gasteiger partial charge >= 0.3 is 0 Å². The van der Waals surface area contributed by atoms with Gasteiger partial charge in [-0.3, -0.25) is 0 Å². The van der Waals surface area contributed by atoms with Crippen molar-refractivity contribution in [2.45, 2.75) is 134 Å². The topological polar surface area (TPSA) is 102 Å². The van der Waals surface area contributed by atoms with E-state index in [0.717, 1.165) is 83.8 Å². The summed E-state index contributed by atoms with van der Waals surface area (Å²) in [5, 5.41) is 20.0. The molecule has 2 N–H and O–H groups in total. The zero-order valence-corrected chi connectivity index (χ0v) is 26.5. The molecule has 0 aromatic carbocycles. The Labute approximate surface area is 254 Å². The number of aliphatic hydroxyl groups excluding tert-OH is 2. The molecule has 5 fully saturated rings. The summed E-state index contributed by atoms with van der Waals surface area (Å²) in [5.41, 5.74) is -0.392. The highest BCUT2D eigenvalue weighted by molar-refractivity contribution is 4.93. The van der Waals surface area contributed by atoms with Gasteiger partial charge in [0.2, 0.25) is 0 Å². The van der Waals surface area contributed by atoms with Gasteiger partial charge < -0.3 is 38.6 Å². The third-order valence-electron chi connectivity index (χ3n) is 10.6. The lowest BCUT2D eigenvalue weighted by molar-refractivity contribution is -0.122. The normalized spacial score (nSPS) is 36.9. The van der Waals surface area contributed by atoms with Gasteiger partial charge in [0.25, 0.3) is 0 Å². The van der Waals surface area contributed by atoms with Gasteiger partial charge in [-0.1, -0.05) is 19.8 Å². The maximum atomic E-state index is 10.2. The summed E-state index contributed by atoms with van der Waals surface area (Å²) in [6.07, 6.45) is 15.1. The molecule has 10 unspecified atom stereocenters. The average Bonchev–Trinajstić information content (AvgIpc) is 3.90. The molecule has 0 aromatic rings. The van der Waals surface area contributed by atoms with E-state index in [1.807, 2.05) is 6.92 Å². The zero-order chi connectivity index (χ0) is 29.4. The summed E-state index contributed by atoms with van der Waals surface area (Å²) in [7, 11) is 0. The first-order chi connectivity index (χ1) is 20.4. The summed E-state index contributed by atoms with van der Waals surface area (Å²) >= 11 is 0. The number of hydrogen-bond donors (Lipinski definition) is 2. The zero-order valence-electron chi connectivity index (χ0n) is 26.5. The third-order valence-corrected chi connectivity index (χ3v) is 10.6. The van der Waals surface area contributed by atoms with Crippen LogP contribution in [0.3, 0.4) is 0 Å². The Morgan fingerprint density at radius 1 is 0.690 bits per heavy atom. The molecular formula is C34H60O8. The van der Waals surface area contributed by atoms with Crippen LogP contribution in [0.1, 0.15) is 97.3 Å². The number of hydrogen-bond acceptors (Lipinski definition) is 8. The van der Waals surface area contributed by atoms with Crippen molar-refractivity contribution in [3.63, 3.8) is 0 Å². The smallest absolute Gasteiger partial charge is 0.0845 e. The Kier molecular flexibility index (Phi) is 12.8. The van der Waals surface area contributed by atoms with Gasteiger partial charge in [0.1, 0.15) is 0 Å². The van der Waals surface area contributed by atoms with Gasteiger partial charge in [-0.05, 0) is 101 Å². The molecule has 0 amide bonds. The van der Waals surface area contributed by atoms with Gasteiger partial charge in [0.05, 0.1) is 68.5 Å². The largest absolute Gasteiger partial charge is 0.393 e. The molecule has 2 heterocycles. The van der Waals surface area contributed by atoms with E-state index in [-0.39, 0.29) is 12.2 Å². The second kappa shape index (κ2) is 16.3. The molecule has 8 heteroatoms. The lowest BCUT2D eigenvalue weighted by Crippen LogP contribution is -2.43. The van der Waals surface area contributed by atoms with E-state index in [4.69, 9.17) is 28.4 Å². The first-order valence-electron chi connectivity index (χ1n) is 17.4. The first kappa shape index (κ1) is 33.1. The van der Waals surface area contributed by atoms with Crippen LogP contribution in [-0.2, 0) is 28.4 Å². The van der Waals surface area contributed by atoms with Crippen molar-refractivity contribution in [3.8, 4) is 0 Å². The van der Waals surface area contributed by atoms with E-state index in [1.54, 1.807) is 0 Å². The van der Waals surface area contributed by atoms with Crippen LogP contribution < -0.4 is 0 Å². The number of ether oxygens (including phenoxy) is 6. The van der Waals surface area contributed by atoms with Crippen LogP contribution in [0.25, 0.3) is 0 Å². The summed E-state index contributed by atoms with van der Waals surface area (Å²) in [6, 6.07) is 0. The van der Waals surface area contributed by atoms with Crippen molar-refractivity contribution in [1.82, 2.24) is 0 Å². The second-order valence-corrected chi connectivity index (χ2v) is 14.7. The van der Waals surface area contributed by atoms with Gasteiger partial charge in [-0.25, -0.2) is 0 Å². The van der Waals surface area contributed by atoms with Crippen LogP contribution in [0.5, 0.6) is 0 Å². The molecule has 2 saturated heterocycles. The number of fused-ring (bicyclic) bond motifs is 2. The predicted molar refractivity (Wildman–Crippen MR) is 160 cm³/mol. The van der Waals surface area contributed by atoms with Crippen molar-refractivity contribution in [2.75, 3.05) is 52.9 Å². The van der Waals surface area contributed by atoms with Gasteiger partial charge in [0, 0.05) is 26.4 Å². The molecule has 244 valence electrons. The minimum Gasteiger partial charge on any atom is -0.393 e. The van der Waals surface area contributed by atoms with Crippen LogP contribution >= 0.6 is 0 Å². The lowest BCUT2D eigenvalue weighted by atomic mass is 9.87. The Hall–Kier alpha value is -0.320. The molecule has 0 aromatic heterocycles. The van der Waals surface area contributed by atoms with E-state index in [9.17, 15) is 10.2 Å². The molecule has 5 rings (SSSR count). The minimum atomic E-state index is -0.392. The Balaban J connectivity index is 1.18. The van der Waals surface area contributed by atoms with Gasteiger partial charge in [-0.2, -0.15) is 0 Å². The maximum Gasteiger partial charge on any atom is 0.0845 e. The van der Waals surface area contributed by atoms with Crippen molar-refractivity contribution in [2.24, 2.45) is 29.1 Å². The SMILES string of the molecule is CCC(CCC(C)O)COCC(COCC1CCCC(O)C1)(COCC1CCC2OC2C1)COCC1CCC2OC2C1. The van der Waals surface area contributed by atoms with Crippen LogP contribution in [0, 0.1) is 29.1 Å². The van der Waals surface area contributed by atoms with Crippen molar-refractivity contribution >= 4 is 0 Å². The summed E-state index contributed by atoms with van der Waals surface area (Å²) < 4.78 is 37.5. The van der Waals surface area contributed by atoms with Crippen molar-refractivity contribution in [3.05, 3.63) is 0 Å². The monoisotopic (exact) mass is 596 g/mol. The fraction of sp³-hybridized carbons (Fsp3) is 1.00. The fourth-order valence-corrected chi connectivity index (χ4v) is 7.59. The van der Waals surface area contributed by atoms with Crippen LogP contribution in [-0.4, -0.2) is 99.7 Å². The number of epoxide rings is 2. The van der Waals surface area contributed by atoms with Gasteiger partial charge in [-0.15, -0.1) is 0 Å². The molecular weight excluding hydrogens is 536 g/mol. The van der Waals surface area contributed by atoms with Crippen molar-refractivity contribution in [1.29, 1.82) is 0 Å². The number of aliphatic hydroxyl groups is 2. The minimum absolute atomic E-state index is 0.198. The standard InChI is InChI=1S/C34H60O8/c1-3-25(8-7-24(2)35)16-37-20-34(21-38-17-26-5-4-6-29(36)13-26,22-39-18-27-9-11-30-32(14-27)41-30)23-40-19-28-10-12-31-33(15-28)42-31/h24-33,35-36H,3-23H2,1-2H3. The quantitative estimate of drug-likeness (QED) is 0.191. The number of rotatable bonds is 20. The first-order valence-corrected chi connectivity index (χ1v) is 17.4. The predicted octanol–water partition coefficient (Wildman–Crippen LogP) is 4.91. The van der Waals surface area contributed by atoms with E-state index in [1.165, 1.54) is 12.8 Å². The summed E-state index contributed by atoms with van der Waals surface area (Å²) in [4.78, 5) is 0.